The predicted molar refractivity (Wildman–Crippen MR) is 103 cm³/mol. The molecule has 0 spiro atoms. The van der Waals surface area contributed by atoms with Crippen LogP contribution in [0.15, 0.2) is 60.7 Å². The Morgan fingerprint density at radius 3 is 2.04 bits per heavy atom. The molecule has 0 saturated carbocycles. The minimum absolute atomic E-state index is 0.763. The lowest BCUT2D eigenvalue weighted by Crippen LogP contribution is -2.24. The zero-order chi connectivity index (χ0) is 17.1. The molecule has 3 aromatic rings. The Bertz CT molecular complexity index is 818. The van der Waals surface area contributed by atoms with E-state index in [0.717, 1.165) is 41.3 Å². The average molecular weight is 332 g/mol. The minimum Gasteiger partial charge on any atom is -0.395 e. The number of aromatic nitrogens is 2. The van der Waals surface area contributed by atoms with Gasteiger partial charge in [0.15, 0.2) is 0 Å². The highest BCUT2D eigenvalue weighted by Gasteiger charge is 2.19. The molecule has 4 rings (SSSR count). The smallest absolute Gasteiger partial charge is 0.116 e. The summed E-state index contributed by atoms with van der Waals surface area (Å²) in [5.41, 5.74) is 11.4. The first-order chi connectivity index (χ1) is 12.3. The second-order valence-electron chi connectivity index (χ2n) is 6.61. The number of nitrogens with zero attached hydrogens (tertiary/aromatic N) is 3. The number of rotatable bonds is 5. The number of likely N-dealkylation sites (tertiary alicyclic amines) is 1. The molecule has 128 valence electrons. The Morgan fingerprint density at radius 1 is 0.800 bits per heavy atom. The fourth-order valence-electron chi connectivity index (χ4n) is 3.59. The van der Waals surface area contributed by atoms with Gasteiger partial charge in [0, 0.05) is 17.7 Å². The van der Waals surface area contributed by atoms with Gasteiger partial charge in [0.25, 0.3) is 0 Å². The SMILES string of the molecule is Nc1c(-c2ccccc2)nn(CCN2CCCC2)c1-c1ccccc1. The first-order valence-electron chi connectivity index (χ1n) is 9.02. The molecule has 2 aromatic carbocycles. The van der Waals surface area contributed by atoms with Crippen LogP contribution in [0.2, 0.25) is 0 Å². The molecule has 0 amide bonds. The van der Waals surface area contributed by atoms with Crippen LogP contribution >= 0.6 is 0 Å². The minimum atomic E-state index is 0.763. The van der Waals surface area contributed by atoms with E-state index in [1.165, 1.54) is 25.9 Å². The number of hydrogen-bond acceptors (Lipinski definition) is 3. The number of nitrogens with two attached hydrogens (primary N) is 1. The van der Waals surface area contributed by atoms with Gasteiger partial charge in [-0.3, -0.25) is 4.68 Å². The summed E-state index contributed by atoms with van der Waals surface area (Å²) < 4.78 is 2.09. The van der Waals surface area contributed by atoms with Crippen LogP contribution in [0.1, 0.15) is 12.8 Å². The van der Waals surface area contributed by atoms with Gasteiger partial charge in [-0.1, -0.05) is 60.7 Å². The molecule has 1 aliphatic rings. The van der Waals surface area contributed by atoms with Crippen molar-refractivity contribution in [3.05, 3.63) is 60.7 Å². The zero-order valence-electron chi connectivity index (χ0n) is 14.4. The van der Waals surface area contributed by atoms with E-state index in [2.05, 4.69) is 46.0 Å². The van der Waals surface area contributed by atoms with E-state index in [0.29, 0.717) is 0 Å². The first kappa shape index (κ1) is 15.9. The summed E-state index contributed by atoms with van der Waals surface area (Å²) in [6, 6.07) is 20.6. The highest BCUT2D eigenvalue weighted by molar-refractivity contribution is 5.85. The normalized spacial score (nSPS) is 14.9. The third-order valence-electron chi connectivity index (χ3n) is 4.91. The van der Waals surface area contributed by atoms with E-state index in [9.17, 15) is 0 Å². The number of hydrogen-bond donors (Lipinski definition) is 1. The molecule has 1 aromatic heterocycles. The molecule has 2 N–H and O–H groups in total. The van der Waals surface area contributed by atoms with Crippen molar-refractivity contribution >= 4 is 5.69 Å². The Balaban J connectivity index is 1.72. The van der Waals surface area contributed by atoms with Crippen molar-refractivity contribution in [1.29, 1.82) is 0 Å². The molecule has 4 nitrogen and oxygen atoms in total. The first-order valence-corrected chi connectivity index (χ1v) is 9.02. The molecule has 25 heavy (non-hydrogen) atoms. The topological polar surface area (TPSA) is 47.1 Å². The molecule has 2 heterocycles. The molecule has 1 saturated heterocycles. The summed E-state index contributed by atoms with van der Waals surface area (Å²) >= 11 is 0. The summed E-state index contributed by atoms with van der Waals surface area (Å²) in [6.45, 7) is 4.28. The van der Waals surface area contributed by atoms with Gasteiger partial charge in [-0.25, -0.2) is 0 Å². The monoisotopic (exact) mass is 332 g/mol. The lowest BCUT2D eigenvalue weighted by atomic mass is 10.1. The maximum atomic E-state index is 6.55. The summed E-state index contributed by atoms with van der Waals surface area (Å²) in [7, 11) is 0. The summed E-state index contributed by atoms with van der Waals surface area (Å²) in [5.74, 6) is 0. The van der Waals surface area contributed by atoms with Crippen LogP contribution < -0.4 is 5.73 Å². The second kappa shape index (κ2) is 7.11. The van der Waals surface area contributed by atoms with Crippen LogP contribution in [0.3, 0.4) is 0 Å². The predicted octanol–water partition coefficient (Wildman–Crippen LogP) is 3.90. The average Bonchev–Trinajstić information content (AvgIpc) is 3.29. The van der Waals surface area contributed by atoms with Gasteiger partial charge < -0.3 is 10.6 Å². The van der Waals surface area contributed by atoms with Crippen LogP contribution in [0.4, 0.5) is 5.69 Å². The summed E-state index contributed by atoms with van der Waals surface area (Å²) in [5, 5.41) is 4.88. The molecule has 4 heteroatoms. The second-order valence-corrected chi connectivity index (χ2v) is 6.61. The number of benzene rings is 2. The van der Waals surface area contributed by atoms with Crippen molar-refractivity contribution in [2.75, 3.05) is 25.4 Å². The Morgan fingerprint density at radius 2 is 1.40 bits per heavy atom. The fraction of sp³-hybridized carbons (Fsp3) is 0.286. The molecule has 1 aliphatic heterocycles. The van der Waals surface area contributed by atoms with E-state index < -0.39 is 0 Å². The van der Waals surface area contributed by atoms with Gasteiger partial charge >= 0.3 is 0 Å². The van der Waals surface area contributed by atoms with Crippen LogP contribution in [0.5, 0.6) is 0 Å². The van der Waals surface area contributed by atoms with Gasteiger partial charge in [-0.05, 0) is 25.9 Å². The van der Waals surface area contributed by atoms with Crippen molar-refractivity contribution in [1.82, 2.24) is 14.7 Å². The highest BCUT2D eigenvalue weighted by Crippen LogP contribution is 2.34. The van der Waals surface area contributed by atoms with E-state index in [1.54, 1.807) is 0 Å². The van der Waals surface area contributed by atoms with Crippen LogP contribution in [0.25, 0.3) is 22.5 Å². The Labute approximate surface area is 148 Å². The van der Waals surface area contributed by atoms with Gasteiger partial charge in [-0.15, -0.1) is 0 Å². The van der Waals surface area contributed by atoms with Gasteiger partial charge in [0.2, 0.25) is 0 Å². The Kier molecular flexibility index (Phi) is 4.53. The molecular formula is C21H24N4. The van der Waals surface area contributed by atoms with Crippen molar-refractivity contribution in [2.45, 2.75) is 19.4 Å². The molecular weight excluding hydrogens is 308 g/mol. The quantitative estimate of drug-likeness (QED) is 0.771. The number of anilines is 1. The third kappa shape index (κ3) is 3.30. The van der Waals surface area contributed by atoms with E-state index in [1.807, 2.05) is 24.3 Å². The maximum Gasteiger partial charge on any atom is 0.116 e. The standard InChI is InChI=1S/C21H24N4/c22-19-20(17-9-3-1-4-10-17)23-25(16-15-24-13-7-8-14-24)21(19)18-11-5-2-6-12-18/h1-6,9-12H,7-8,13-16,22H2. The molecule has 0 aliphatic carbocycles. The summed E-state index contributed by atoms with van der Waals surface area (Å²) in [4.78, 5) is 2.51. The highest BCUT2D eigenvalue weighted by atomic mass is 15.3. The van der Waals surface area contributed by atoms with Crippen LogP contribution in [0, 0.1) is 0 Å². The van der Waals surface area contributed by atoms with Crippen LogP contribution in [-0.2, 0) is 6.54 Å². The Hall–Kier alpha value is -2.59. The largest absolute Gasteiger partial charge is 0.395 e. The van der Waals surface area contributed by atoms with E-state index in [4.69, 9.17) is 10.8 Å². The molecule has 0 unspecified atom stereocenters. The van der Waals surface area contributed by atoms with Crippen molar-refractivity contribution < 1.29 is 0 Å². The van der Waals surface area contributed by atoms with Gasteiger partial charge in [0.1, 0.15) is 5.69 Å². The number of nitrogen functional groups attached to an aromatic ring is 1. The van der Waals surface area contributed by atoms with Crippen molar-refractivity contribution in [3.63, 3.8) is 0 Å². The molecule has 1 fully saturated rings. The molecule has 0 atom stereocenters. The van der Waals surface area contributed by atoms with Crippen LogP contribution in [-0.4, -0.2) is 34.3 Å². The lowest BCUT2D eigenvalue weighted by Gasteiger charge is -2.15. The molecule has 0 bridgehead atoms. The molecule has 0 radical (unpaired) electrons. The van der Waals surface area contributed by atoms with E-state index >= 15 is 0 Å². The van der Waals surface area contributed by atoms with Gasteiger partial charge in [0.05, 0.1) is 17.9 Å². The fourth-order valence-corrected chi connectivity index (χ4v) is 3.59. The van der Waals surface area contributed by atoms with Crippen molar-refractivity contribution in [3.8, 4) is 22.5 Å². The maximum absolute atomic E-state index is 6.55. The third-order valence-corrected chi connectivity index (χ3v) is 4.91. The zero-order valence-corrected chi connectivity index (χ0v) is 14.4. The van der Waals surface area contributed by atoms with Crippen molar-refractivity contribution in [2.24, 2.45) is 0 Å². The van der Waals surface area contributed by atoms with Gasteiger partial charge in [-0.2, -0.15) is 5.10 Å². The van der Waals surface area contributed by atoms with E-state index in [-0.39, 0.29) is 0 Å². The lowest BCUT2D eigenvalue weighted by molar-refractivity contribution is 0.317. The summed E-state index contributed by atoms with van der Waals surface area (Å²) in [6.07, 6.45) is 2.62.